The van der Waals surface area contributed by atoms with Gasteiger partial charge in [-0.15, -0.1) is 0 Å². The minimum absolute atomic E-state index is 1.14. The zero-order valence-corrected chi connectivity index (χ0v) is 31.0. The molecule has 57 heavy (non-hydrogen) atoms. The number of hydrogen-bond donors (Lipinski definition) is 0. The second-order valence-electron chi connectivity index (χ2n) is 14.9. The number of hydrogen-bond acceptors (Lipinski definition) is 0. The first-order chi connectivity index (χ1) is 28.3. The van der Waals surface area contributed by atoms with E-state index in [1.807, 2.05) is 0 Å². The number of aromatic nitrogens is 3. The van der Waals surface area contributed by atoms with Gasteiger partial charge in [0, 0.05) is 49.4 Å². The van der Waals surface area contributed by atoms with Crippen molar-refractivity contribution >= 4 is 65.4 Å². The quantitative estimate of drug-likeness (QED) is 0.168. The van der Waals surface area contributed by atoms with E-state index in [2.05, 4.69) is 226 Å². The summed E-state index contributed by atoms with van der Waals surface area (Å²) in [5, 5.41) is 7.48. The highest BCUT2D eigenvalue weighted by molar-refractivity contribution is 6.28. The van der Waals surface area contributed by atoms with Crippen LogP contribution in [0.5, 0.6) is 0 Å². The predicted octanol–water partition coefficient (Wildman–Crippen LogP) is 14.3. The Morgan fingerprint density at radius 2 is 0.667 bits per heavy atom. The van der Waals surface area contributed by atoms with Crippen molar-refractivity contribution in [2.45, 2.75) is 0 Å². The van der Waals surface area contributed by atoms with E-state index in [0.717, 1.165) is 17.1 Å². The summed E-state index contributed by atoms with van der Waals surface area (Å²) in [5.74, 6) is 0. The number of fused-ring (bicyclic) bond motifs is 10. The number of para-hydroxylation sites is 6. The topological polar surface area (TPSA) is 14.8 Å². The molecule has 12 rings (SSSR count). The standard InChI is InChI=1S/C54H35N3/c1-3-20-39(21-4-1)56-50-31-13-9-27-44(50)47-35-46(52-45-28-10-14-32-51(45)57(54(52)53(47)56)40-22-5-2-6-23-40)38-19-15-17-36(33-38)37-18-16-24-41(34-37)55-48-29-11-7-25-42(48)43-26-8-12-30-49(43)55/h1-35H. The van der Waals surface area contributed by atoms with Crippen LogP contribution in [0.3, 0.4) is 0 Å². The first-order valence-electron chi connectivity index (χ1n) is 19.6. The largest absolute Gasteiger partial charge is 0.309 e. The van der Waals surface area contributed by atoms with Gasteiger partial charge in [0.2, 0.25) is 0 Å². The van der Waals surface area contributed by atoms with Crippen molar-refractivity contribution in [1.29, 1.82) is 0 Å². The highest BCUT2D eigenvalue weighted by Gasteiger charge is 2.24. The predicted molar refractivity (Wildman–Crippen MR) is 240 cm³/mol. The second kappa shape index (κ2) is 12.5. The second-order valence-corrected chi connectivity index (χ2v) is 14.9. The van der Waals surface area contributed by atoms with Gasteiger partial charge in [0.15, 0.2) is 0 Å². The van der Waals surface area contributed by atoms with Crippen molar-refractivity contribution in [1.82, 2.24) is 13.7 Å². The molecule has 266 valence electrons. The molecule has 0 saturated carbocycles. The summed E-state index contributed by atoms with van der Waals surface area (Å²) in [5.41, 5.74) is 15.4. The molecule has 12 aromatic rings. The molecule has 0 bridgehead atoms. The van der Waals surface area contributed by atoms with Gasteiger partial charge in [0.05, 0.1) is 33.1 Å². The molecule has 3 nitrogen and oxygen atoms in total. The molecule has 0 radical (unpaired) electrons. The van der Waals surface area contributed by atoms with Crippen LogP contribution in [0.25, 0.3) is 105 Å². The SMILES string of the molecule is c1ccc(-n2c3ccccc3c3cc(-c4cccc(-c5cccc(-n6c7ccccc7c7ccccc76)c5)c4)c4c5ccccc5n(-c5ccccc5)c4c32)cc1. The Morgan fingerprint density at radius 3 is 1.28 bits per heavy atom. The van der Waals surface area contributed by atoms with Crippen molar-refractivity contribution < 1.29 is 0 Å². The van der Waals surface area contributed by atoms with E-state index in [1.165, 1.54) is 87.7 Å². The number of nitrogens with zero attached hydrogens (tertiary/aromatic N) is 3. The van der Waals surface area contributed by atoms with Crippen molar-refractivity contribution in [2.24, 2.45) is 0 Å². The summed E-state index contributed by atoms with van der Waals surface area (Å²) in [6, 6.07) is 77.4. The monoisotopic (exact) mass is 725 g/mol. The van der Waals surface area contributed by atoms with Gasteiger partial charge < -0.3 is 13.7 Å². The molecule has 0 spiro atoms. The van der Waals surface area contributed by atoms with E-state index in [9.17, 15) is 0 Å². The molecule has 0 amide bonds. The zero-order valence-electron chi connectivity index (χ0n) is 31.0. The van der Waals surface area contributed by atoms with Gasteiger partial charge >= 0.3 is 0 Å². The average Bonchev–Trinajstić information content (AvgIpc) is 3.93. The summed E-state index contributed by atoms with van der Waals surface area (Å²) in [4.78, 5) is 0. The van der Waals surface area contributed by atoms with Gasteiger partial charge in [-0.25, -0.2) is 0 Å². The van der Waals surface area contributed by atoms with Gasteiger partial charge in [0.1, 0.15) is 0 Å². The minimum Gasteiger partial charge on any atom is -0.309 e. The lowest BCUT2D eigenvalue weighted by atomic mass is 9.94. The molecule has 3 heteroatoms. The normalized spacial score (nSPS) is 11.9. The summed E-state index contributed by atoms with van der Waals surface area (Å²) >= 11 is 0. The number of benzene rings is 9. The van der Waals surface area contributed by atoms with Gasteiger partial charge in [-0.1, -0.05) is 140 Å². The molecule has 0 N–H and O–H groups in total. The highest BCUT2D eigenvalue weighted by Crippen LogP contribution is 2.46. The van der Waals surface area contributed by atoms with E-state index >= 15 is 0 Å². The summed E-state index contributed by atoms with van der Waals surface area (Å²) < 4.78 is 7.34. The van der Waals surface area contributed by atoms with Gasteiger partial charge in [-0.2, -0.15) is 0 Å². The zero-order chi connectivity index (χ0) is 37.5. The molecule has 0 aliphatic heterocycles. The third-order valence-corrected chi connectivity index (χ3v) is 11.8. The summed E-state index contributed by atoms with van der Waals surface area (Å²) in [6.07, 6.45) is 0. The Balaban J connectivity index is 1.15. The van der Waals surface area contributed by atoms with Crippen LogP contribution >= 0.6 is 0 Å². The fourth-order valence-corrected chi connectivity index (χ4v) is 9.41. The third kappa shape index (κ3) is 4.73. The van der Waals surface area contributed by atoms with Crippen molar-refractivity contribution in [3.8, 4) is 39.3 Å². The van der Waals surface area contributed by atoms with Crippen molar-refractivity contribution in [3.63, 3.8) is 0 Å². The lowest BCUT2D eigenvalue weighted by Crippen LogP contribution is -1.99. The molecule has 3 aromatic heterocycles. The molecule has 0 fully saturated rings. The summed E-state index contributed by atoms with van der Waals surface area (Å²) in [6.45, 7) is 0. The van der Waals surface area contributed by atoms with Gasteiger partial charge in [-0.05, 0) is 95.1 Å². The summed E-state index contributed by atoms with van der Waals surface area (Å²) in [7, 11) is 0. The van der Waals surface area contributed by atoms with Crippen LogP contribution in [0.2, 0.25) is 0 Å². The lowest BCUT2D eigenvalue weighted by molar-refractivity contribution is 1.15. The molecule has 0 atom stereocenters. The molecule has 0 aliphatic rings. The Bertz CT molecular complexity index is 3460. The molecular formula is C54H35N3. The average molecular weight is 726 g/mol. The first-order valence-corrected chi connectivity index (χ1v) is 19.6. The van der Waals surface area contributed by atoms with Crippen molar-refractivity contribution in [2.75, 3.05) is 0 Å². The smallest absolute Gasteiger partial charge is 0.0795 e. The van der Waals surface area contributed by atoms with Crippen LogP contribution < -0.4 is 0 Å². The van der Waals surface area contributed by atoms with E-state index < -0.39 is 0 Å². The van der Waals surface area contributed by atoms with Gasteiger partial charge in [-0.3, -0.25) is 0 Å². The maximum absolute atomic E-state index is 2.48. The molecule has 9 aromatic carbocycles. The van der Waals surface area contributed by atoms with Gasteiger partial charge in [0.25, 0.3) is 0 Å². The maximum atomic E-state index is 2.48. The molecule has 0 aliphatic carbocycles. The highest BCUT2D eigenvalue weighted by atomic mass is 15.0. The molecule has 3 heterocycles. The maximum Gasteiger partial charge on any atom is 0.0795 e. The Morgan fingerprint density at radius 1 is 0.246 bits per heavy atom. The molecule has 0 unspecified atom stereocenters. The van der Waals surface area contributed by atoms with Crippen LogP contribution in [-0.4, -0.2) is 13.7 Å². The van der Waals surface area contributed by atoms with Crippen LogP contribution in [0.15, 0.2) is 212 Å². The third-order valence-electron chi connectivity index (χ3n) is 11.8. The Kier molecular flexibility index (Phi) is 6.93. The van der Waals surface area contributed by atoms with E-state index in [1.54, 1.807) is 0 Å². The Labute approximate surface area is 329 Å². The van der Waals surface area contributed by atoms with E-state index in [-0.39, 0.29) is 0 Å². The van der Waals surface area contributed by atoms with Crippen molar-refractivity contribution in [3.05, 3.63) is 212 Å². The van der Waals surface area contributed by atoms with Crippen LogP contribution in [-0.2, 0) is 0 Å². The number of rotatable bonds is 5. The van der Waals surface area contributed by atoms with Crippen LogP contribution in [0.4, 0.5) is 0 Å². The molecular weight excluding hydrogens is 691 g/mol. The minimum atomic E-state index is 1.14. The van der Waals surface area contributed by atoms with Crippen LogP contribution in [0.1, 0.15) is 0 Å². The first kappa shape index (κ1) is 31.7. The fourth-order valence-electron chi connectivity index (χ4n) is 9.41. The molecule has 0 saturated heterocycles. The van der Waals surface area contributed by atoms with Crippen LogP contribution in [0, 0.1) is 0 Å². The fraction of sp³-hybridized carbons (Fsp3) is 0. The lowest BCUT2D eigenvalue weighted by Gasteiger charge is -2.15. The van der Waals surface area contributed by atoms with E-state index in [4.69, 9.17) is 0 Å². The Hall–Kier alpha value is -7.62. The van der Waals surface area contributed by atoms with E-state index in [0.29, 0.717) is 0 Å².